The van der Waals surface area contributed by atoms with Gasteiger partial charge in [-0.2, -0.15) is 0 Å². The zero-order chi connectivity index (χ0) is 15.0. The van der Waals surface area contributed by atoms with E-state index in [4.69, 9.17) is 0 Å². The lowest BCUT2D eigenvalue weighted by Crippen LogP contribution is -2.23. The second-order valence-corrected chi connectivity index (χ2v) is 6.69. The summed E-state index contributed by atoms with van der Waals surface area (Å²) in [6, 6.07) is 0. The molecule has 0 spiro atoms. The van der Waals surface area contributed by atoms with Crippen LogP contribution in [0.1, 0.15) is 61.3 Å². The van der Waals surface area contributed by atoms with E-state index in [0.717, 1.165) is 0 Å². The molecule has 0 aromatic heterocycles. The van der Waals surface area contributed by atoms with Crippen LogP contribution in [-0.2, 0) is 0 Å². The number of rotatable bonds is 4. The van der Waals surface area contributed by atoms with Gasteiger partial charge < -0.3 is 0 Å². The third kappa shape index (κ3) is 2.34. The quantitative estimate of drug-likeness (QED) is 0.568. The van der Waals surface area contributed by atoms with Crippen LogP contribution in [0, 0.1) is 17.8 Å². The highest BCUT2D eigenvalue weighted by molar-refractivity contribution is 5.45. The minimum atomic E-state index is 0.654. The average Bonchev–Trinajstić information content (AvgIpc) is 2.87. The van der Waals surface area contributed by atoms with Crippen molar-refractivity contribution in [2.75, 3.05) is 0 Å². The Morgan fingerprint density at radius 1 is 0.800 bits per heavy atom. The maximum Gasteiger partial charge on any atom is 0.00475 e. The van der Waals surface area contributed by atoms with Gasteiger partial charge in [-0.3, -0.25) is 0 Å². The van der Waals surface area contributed by atoms with Crippen LogP contribution in [-0.4, -0.2) is 0 Å². The Morgan fingerprint density at radius 2 is 1.15 bits per heavy atom. The Balaban J connectivity index is 2.35. The van der Waals surface area contributed by atoms with Gasteiger partial charge in [-0.15, -0.1) is 0 Å². The van der Waals surface area contributed by atoms with Gasteiger partial charge >= 0.3 is 0 Å². The molecule has 0 aromatic rings. The van der Waals surface area contributed by atoms with Crippen molar-refractivity contribution in [3.05, 3.63) is 45.6 Å². The first kappa shape index (κ1) is 15.4. The first-order valence-electron chi connectivity index (χ1n) is 8.17. The van der Waals surface area contributed by atoms with E-state index >= 15 is 0 Å². The minimum Gasteiger partial charge on any atom is -0.0629 e. The van der Waals surface area contributed by atoms with Crippen LogP contribution in [0.25, 0.3) is 0 Å². The Kier molecular flexibility index (Phi) is 4.42. The maximum absolute atomic E-state index is 2.46. The molecule has 0 heterocycles. The average molecular weight is 270 g/mol. The molecule has 0 amide bonds. The summed E-state index contributed by atoms with van der Waals surface area (Å²) in [6.07, 6.45) is 7.24. The lowest BCUT2D eigenvalue weighted by Gasteiger charge is -2.32. The molecule has 0 heteroatoms. The predicted octanol–water partition coefficient (Wildman–Crippen LogP) is 6.23. The topological polar surface area (TPSA) is 0 Å². The van der Waals surface area contributed by atoms with Gasteiger partial charge in [0.2, 0.25) is 0 Å². The highest BCUT2D eigenvalue weighted by Gasteiger charge is 2.36. The lowest BCUT2D eigenvalue weighted by molar-refractivity contribution is 0.372. The van der Waals surface area contributed by atoms with Gasteiger partial charge in [0.1, 0.15) is 0 Å². The third-order valence-corrected chi connectivity index (χ3v) is 5.65. The summed E-state index contributed by atoms with van der Waals surface area (Å²) in [6.45, 7) is 16.3. The SMILES string of the molecule is CCC1=CC(C)=C(C)C1C(C)C1C(CC)=CC(C)=C1C. The van der Waals surface area contributed by atoms with Crippen molar-refractivity contribution >= 4 is 0 Å². The van der Waals surface area contributed by atoms with E-state index in [9.17, 15) is 0 Å². The number of allylic oxidation sites excluding steroid dienone is 8. The molecule has 2 unspecified atom stereocenters. The highest BCUT2D eigenvalue weighted by Crippen LogP contribution is 2.47. The first-order valence-corrected chi connectivity index (χ1v) is 8.17. The second-order valence-electron chi connectivity index (χ2n) is 6.69. The minimum absolute atomic E-state index is 0.654. The van der Waals surface area contributed by atoms with E-state index in [-0.39, 0.29) is 0 Å². The molecule has 2 aliphatic carbocycles. The van der Waals surface area contributed by atoms with Crippen LogP contribution in [0.5, 0.6) is 0 Å². The molecule has 0 radical (unpaired) electrons. The van der Waals surface area contributed by atoms with Crippen molar-refractivity contribution in [3.8, 4) is 0 Å². The van der Waals surface area contributed by atoms with E-state index in [0.29, 0.717) is 17.8 Å². The zero-order valence-electron chi connectivity index (χ0n) is 14.3. The van der Waals surface area contributed by atoms with Crippen molar-refractivity contribution in [3.63, 3.8) is 0 Å². The standard InChI is InChI=1S/C20H30/c1-8-17-10-12(3)14(5)19(17)16(7)20-15(6)13(4)11-18(20)9-2/h10-11,16,19-20H,8-9H2,1-7H3. The molecular weight excluding hydrogens is 240 g/mol. The fourth-order valence-corrected chi connectivity index (χ4v) is 4.31. The van der Waals surface area contributed by atoms with Crippen molar-refractivity contribution in [1.82, 2.24) is 0 Å². The van der Waals surface area contributed by atoms with Crippen LogP contribution in [0.2, 0.25) is 0 Å². The van der Waals surface area contributed by atoms with E-state index in [1.165, 1.54) is 24.0 Å². The number of hydrogen-bond acceptors (Lipinski definition) is 0. The van der Waals surface area contributed by atoms with Gasteiger partial charge in [0, 0.05) is 11.8 Å². The molecule has 0 bridgehead atoms. The van der Waals surface area contributed by atoms with Gasteiger partial charge in [-0.1, -0.05) is 66.4 Å². The molecule has 110 valence electrons. The van der Waals surface area contributed by atoms with Crippen LogP contribution >= 0.6 is 0 Å². The monoisotopic (exact) mass is 270 g/mol. The van der Waals surface area contributed by atoms with Gasteiger partial charge in [0.25, 0.3) is 0 Å². The molecule has 0 aromatic carbocycles. The van der Waals surface area contributed by atoms with Crippen molar-refractivity contribution in [2.45, 2.75) is 61.3 Å². The molecule has 0 N–H and O–H groups in total. The normalized spacial score (nSPS) is 28.1. The second kappa shape index (κ2) is 5.76. The lowest BCUT2D eigenvalue weighted by atomic mass is 9.72. The Hall–Kier alpha value is -1.04. The fraction of sp³-hybridized carbons (Fsp3) is 0.600. The van der Waals surface area contributed by atoms with Crippen LogP contribution < -0.4 is 0 Å². The van der Waals surface area contributed by atoms with Crippen LogP contribution in [0.3, 0.4) is 0 Å². The Morgan fingerprint density at radius 3 is 1.45 bits per heavy atom. The third-order valence-electron chi connectivity index (χ3n) is 5.65. The first-order chi connectivity index (χ1) is 9.42. The van der Waals surface area contributed by atoms with Crippen molar-refractivity contribution in [2.24, 2.45) is 17.8 Å². The summed E-state index contributed by atoms with van der Waals surface area (Å²) < 4.78 is 0. The summed E-state index contributed by atoms with van der Waals surface area (Å²) in [5, 5.41) is 0. The van der Waals surface area contributed by atoms with Crippen molar-refractivity contribution in [1.29, 1.82) is 0 Å². The molecule has 0 nitrogen and oxygen atoms in total. The Bertz CT molecular complexity index is 474. The van der Waals surface area contributed by atoms with Gasteiger partial charge in [0.15, 0.2) is 0 Å². The smallest absolute Gasteiger partial charge is 0.00475 e. The molecular formula is C20H30. The fourth-order valence-electron chi connectivity index (χ4n) is 4.31. The molecule has 2 atom stereocenters. The van der Waals surface area contributed by atoms with E-state index in [2.05, 4.69) is 60.6 Å². The molecule has 20 heavy (non-hydrogen) atoms. The number of hydrogen-bond donors (Lipinski definition) is 0. The van der Waals surface area contributed by atoms with Gasteiger partial charge in [-0.25, -0.2) is 0 Å². The largest absolute Gasteiger partial charge is 0.0629 e. The van der Waals surface area contributed by atoms with E-state index in [1.807, 2.05) is 0 Å². The van der Waals surface area contributed by atoms with Crippen molar-refractivity contribution < 1.29 is 0 Å². The molecule has 0 fully saturated rings. The Labute approximate surface area is 125 Å². The molecule has 0 aliphatic heterocycles. The summed E-state index contributed by atoms with van der Waals surface area (Å²) in [5.74, 6) is 1.99. The summed E-state index contributed by atoms with van der Waals surface area (Å²) in [4.78, 5) is 0. The van der Waals surface area contributed by atoms with Crippen LogP contribution in [0.15, 0.2) is 45.6 Å². The van der Waals surface area contributed by atoms with E-state index in [1.54, 1.807) is 22.3 Å². The zero-order valence-corrected chi connectivity index (χ0v) is 14.3. The van der Waals surface area contributed by atoms with Gasteiger partial charge in [-0.05, 0) is 46.5 Å². The van der Waals surface area contributed by atoms with Crippen LogP contribution in [0.4, 0.5) is 0 Å². The predicted molar refractivity (Wildman–Crippen MR) is 89.6 cm³/mol. The highest BCUT2D eigenvalue weighted by atomic mass is 14.4. The maximum atomic E-state index is 2.46. The summed E-state index contributed by atoms with van der Waals surface area (Å²) >= 11 is 0. The molecule has 0 saturated carbocycles. The summed E-state index contributed by atoms with van der Waals surface area (Å²) in [7, 11) is 0. The van der Waals surface area contributed by atoms with E-state index < -0.39 is 0 Å². The van der Waals surface area contributed by atoms with Gasteiger partial charge in [0.05, 0.1) is 0 Å². The molecule has 0 saturated heterocycles. The molecule has 2 aliphatic rings. The molecule has 2 rings (SSSR count). The summed E-state index contributed by atoms with van der Waals surface area (Å²) in [5.41, 5.74) is 9.47.